The van der Waals surface area contributed by atoms with Gasteiger partial charge >= 0.3 is 0 Å². The zero-order valence-corrected chi connectivity index (χ0v) is 18.2. The molecule has 31 heavy (non-hydrogen) atoms. The number of nitrogens with zero attached hydrogens (tertiary/aromatic N) is 2. The molecule has 1 saturated heterocycles. The number of thioether (sulfide) groups is 1. The van der Waals surface area contributed by atoms with Crippen LogP contribution in [0.3, 0.4) is 0 Å². The van der Waals surface area contributed by atoms with Gasteiger partial charge < -0.3 is 0 Å². The summed E-state index contributed by atoms with van der Waals surface area (Å²) in [6.07, 6.45) is 1.85. The lowest BCUT2D eigenvalue weighted by atomic mass is 10.1. The van der Waals surface area contributed by atoms with Gasteiger partial charge in [0.05, 0.1) is 21.2 Å². The first-order valence-corrected chi connectivity index (χ1v) is 11.7. The topological polar surface area (TPSA) is 92.8 Å². The minimum Gasteiger partial charge on any atom is -0.268 e. The predicted molar refractivity (Wildman–Crippen MR) is 126 cm³/mol. The van der Waals surface area contributed by atoms with E-state index in [0.717, 1.165) is 11.1 Å². The zero-order chi connectivity index (χ0) is 22.0. The summed E-state index contributed by atoms with van der Waals surface area (Å²) in [6.45, 7) is 2.00. The lowest BCUT2D eigenvalue weighted by molar-refractivity contribution is -0.113. The number of nitrogens with two attached hydrogens (primary N) is 1. The molecule has 0 aromatic heterocycles. The highest BCUT2D eigenvalue weighted by atomic mass is 32.2. The summed E-state index contributed by atoms with van der Waals surface area (Å²) in [5.74, 6) is -0.169. The van der Waals surface area contributed by atoms with E-state index >= 15 is 0 Å². The third-order valence-corrected chi connectivity index (χ3v) is 6.45. The Balaban J connectivity index is 1.75. The van der Waals surface area contributed by atoms with Gasteiger partial charge in [0.1, 0.15) is 0 Å². The summed E-state index contributed by atoms with van der Waals surface area (Å²) in [5, 5.41) is 5.65. The number of aryl methyl sites for hydroxylation is 1. The Labute approximate surface area is 185 Å². The van der Waals surface area contributed by atoms with E-state index in [9.17, 15) is 13.2 Å². The highest BCUT2D eigenvalue weighted by Crippen LogP contribution is 2.37. The standard InChI is InChI=1S/C23H19N3O3S2/c1-16-6-5-7-17(14-16)15-21-22(27)26(19-8-3-2-4-9-19)23(30-21)25-18-10-12-20(13-11-18)31(24,28)29/h2-15H,1H3,(H2,24,28,29)/b21-15?,25-23-. The Hall–Kier alpha value is -3.20. The second-order valence-corrected chi connectivity index (χ2v) is 9.50. The van der Waals surface area contributed by atoms with Crippen molar-refractivity contribution in [2.24, 2.45) is 10.1 Å². The van der Waals surface area contributed by atoms with Crippen LogP contribution >= 0.6 is 11.8 Å². The smallest absolute Gasteiger partial charge is 0.268 e. The Bertz CT molecular complexity index is 1300. The molecular formula is C23H19N3O3S2. The number of rotatable bonds is 4. The maximum Gasteiger partial charge on any atom is 0.271 e. The molecule has 0 saturated carbocycles. The van der Waals surface area contributed by atoms with Crippen molar-refractivity contribution in [3.8, 4) is 0 Å². The van der Waals surface area contributed by atoms with E-state index in [1.165, 1.54) is 23.9 Å². The molecule has 3 aromatic carbocycles. The molecule has 1 aliphatic heterocycles. The van der Waals surface area contributed by atoms with E-state index in [2.05, 4.69) is 4.99 Å². The van der Waals surface area contributed by atoms with Gasteiger partial charge in [-0.05, 0) is 66.7 Å². The van der Waals surface area contributed by atoms with Crippen LogP contribution in [-0.2, 0) is 14.8 Å². The number of aliphatic imine (C=N–C) groups is 1. The summed E-state index contributed by atoms with van der Waals surface area (Å²) in [5.41, 5.74) is 3.25. The SMILES string of the molecule is Cc1cccc(C=C2S/C(=N\c3ccc(S(N)(=O)=O)cc3)N(c3ccccc3)C2=O)c1. The van der Waals surface area contributed by atoms with Crippen molar-refractivity contribution in [1.82, 2.24) is 0 Å². The number of primary sulfonamides is 1. The van der Waals surface area contributed by atoms with Crippen LogP contribution in [0.5, 0.6) is 0 Å². The molecule has 0 radical (unpaired) electrons. The second-order valence-electron chi connectivity index (χ2n) is 6.93. The van der Waals surface area contributed by atoms with Crippen LogP contribution in [0, 0.1) is 6.92 Å². The molecule has 1 aliphatic rings. The molecule has 3 aromatic rings. The third kappa shape index (κ3) is 4.77. The molecule has 8 heteroatoms. The van der Waals surface area contributed by atoms with Gasteiger partial charge in [0.25, 0.3) is 5.91 Å². The van der Waals surface area contributed by atoms with E-state index < -0.39 is 10.0 Å². The number of sulfonamides is 1. The van der Waals surface area contributed by atoms with Gasteiger partial charge in [0, 0.05) is 0 Å². The Morgan fingerprint density at radius 2 is 1.68 bits per heavy atom. The van der Waals surface area contributed by atoms with Gasteiger partial charge in [0.15, 0.2) is 5.17 Å². The van der Waals surface area contributed by atoms with Gasteiger partial charge in [-0.2, -0.15) is 0 Å². The van der Waals surface area contributed by atoms with E-state index in [-0.39, 0.29) is 10.8 Å². The number of amidine groups is 1. The number of hydrogen-bond donors (Lipinski definition) is 1. The van der Waals surface area contributed by atoms with Crippen LogP contribution in [-0.4, -0.2) is 19.5 Å². The molecule has 2 N–H and O–H groups in total. The van der Waals surface area contributed by atoms with Gasteiger partial charge in [-0.15, -0.1) is 0 Å². The van der Waals surface area contributed by atoms with E-state index in [0.29, 0.717) is 21.4 Å². The molecule has 0 bridgehead atoms. The van der Waals surface area contributed by atoms with Crippen molar-refractivity contribution >= 4 is 50.3 Å². The van der Waals surface area contributed by atoms with Crippen molar-refractivity contribution < 1.29 is 13.2 Å². The number of benzene rings is 3. The summed E-state index contributed by atoms with van der Waals surface area (Å²) in [4.78, 5) is 20.0. The Morgan fingerprint density at radius 1 is 0.968 bits per heavy atom. The maximum absolute atomic E-state index is 13.2. The Kier molecular flexibility index (Phi) is 5.77. The molecule has 156 valence electrons. The van der Waals surface area contributed by atoms with Crippen LogP contribution < -0.4 is 10.0 Å². The number of para-hydroxylation sites is 1. The molecule has 4 rings (SSSR count). The fourth-order valence-corrected chi connectivity index (χ4v) is 4.60. The maximum atomic E-state index is 13.2. The predicted octanol–water partition coefficient (Wildman–Crippen LogP) is 4.45. The number of anilines is 1. The van der Waals surface area contributed by atoms with Crippen molar-refractivity contribution in [2.45, 2.75) is 11.8 Å². The minimum absolute atomic E-state index is 0.00606. The average Bonchev–Trinajstić information content (AvgIpc) is 3.03. The molecule has 1 amide bonds. The molecule has 1 fully saturated rings. The van der Waals surface area contributed by atoms with Crippen molar-refractivity contribution in [2.75, 3.05) is 4.90 Å². The highest BCUT2D eigenvalue weighted by Gasteiger charge is 2.34. The van der Waals surface area contributed by atoms with Gasteiger partial charge in [-0.3, -0.25) is 9.69 Å². The van der Waals surface area contributed by atoms with Crippen LogP contribution in [0.25, 0.3) is 6.08 Å². The molecule has 0 unspecified atom stereocenters. The lowest BCUT2D eigenvalue weighted by Gasteiger charge is -2.15. The van der Waals surface area contributed by atoms with Crippen LogP contribution in [0.1, 0.15) is 11.1 Å². The monoisotopic (exact) mass is 449 g/mol. The molecule has 1 heterocycles. The van der Waals surface area contributed by atoms with Gasteiger partial charge in [-0.25, -0.2) is 18.5 Å². The molecule has 6 nitrogen and oxygen atoms in total. The molecule has 0 spiro atoms. The van der Waals surface area contributed by atoms with Crippen LogP contribution in [0.2, 0.25) is 0 Å². The number of hydrogen-bond acceptors (Lipinski definition) is 5. The average molecular weight is 450 g/mol. The first kappa shape index (κ1) is 21.0. The van der Waals surface area contributed by atoms with Crippen molar-refractivity contribution in [1.29, 1.82) is 0 Å². The zero-order valence-electron chi connectivity index (χ0n) is 16.6. The van der Waals surface area contributed by atoms with Crippen molar-refractivity contribution in [3.63, 3.8) is 0 Å². The quantitative estimate of drug-likeness (QED) is 0.596. The number of carbonyl (C=O) groups excluding carboxylic acids is 1. The minimum atomic E-state index is -3.78. The fraction of sp³-hybridized carbons (Fsp3) is 0.0435. The molecule has 0 atom stereocenters. The van der Waals surface area contributed by atoms with E-state index in [1.54, 1.807) is 17.0 Å². The summed E-state index contributed by atoms with van der Waals surface area (Å²) >= 11 is 1.27. The highest BCUT2D eigenvalue weighted by molar-refractivity contribution is 8.19. The fourth-order valence-electron chi connectivity index (χ4n) is 3.09. The third-order valence-electron chi connectivity index (χ3n) is 4.55. The first-order valence-electron chi connectivity index (χ1n) is 9.38. The largest absolute Gasteiger partial charge is 0.271 e. The second kappa shape index (κ2) is 8.50. The summed E-state index contributed by atoms with van der Waals surface area (Å²) in [7, 11) is -3.78. The van der Waals surface area contributed by atoms with Crippen LogP contribution in [0.15, 0.2) is 93.7 Å². The Morgan fingerprint density at radius 3 is 2.32 bits per heavy atom. The number of carbonyl (C=O) groups is 1. The molecule has 0 aliphatic carbocycles. The van der Waals surface area contributed by atoms with Crippen LogP contribution in [0.4, 0.5) is 11.4 Å². The van der Waals surface area contributed by atoms with E-state index in [1.807, 2.05) is 67.6 Å². The van der Waals surface area contributed by atoms with Crippen molar-refractivity contribution in [3.05, 3.63) is 94.9 Å². The summed E-state index contributed by atoms with van der Waals surface area (Å²) in [6, 6.07) is 23.1. The van der Waals surface area contributed by atoms with Gasteiger partial charge in [0.2, 0.25) is 10.0 Å². The van der Waals surface area contributed by atoms with Gasteiger partial charge in [-0.1, -0.05) is 48.0 Å². The normalized spacial score (nSPS) is 17.0. The number of amides is 1. The first-order chi connectivity index (χ1) is 14.8. The van der Waals surface area contributed by atoms with E-state index in [4.69, 9.17) is 5.14 Å². The summed E-state index contributed by atoms with van der Waals surface area (Å²) < 4.78 is 23.0. The lowest BCUT2D eigenvalue weighted by Crippen LogP contribution is -2.28. The molecular weight excluding hydrogens is 430 g/mol.